The van der Waals surface area contributed by atoms with E-state index in [-0.39, 0.29) is 16.9 Å². The highest BCUT2D eigenvalue weighted by atomic mass is 32.2. The number of amides is 1. The van der Waals surface area contributed by atoms with Crippen molar-refractivity contribution < 1.29 is 14.7 Å². The lowest BCUT2D eigenvalue weighted by atomic mass is 10.4. The molecule has 0 radical (unpaired) electrons. The SMILES string of the molecule is CC(SC[C@H](N)C(=O)O)C(=O)N(C)C. The maximum absolute atomic E-state index is 11.3. The Morgan fingerprint density at radius 3 is 2.36 bits per heavy atom. The number of carbonyl (C=O) groups excluding carboxylic acids is 1. The largest absolute Gasteiger partial charge is 0.480 e. The summed E-state index contributed by atoms with van der Waals surface area (Å²) < 4.78 is 0. The quantitative estimate of drug-likeness (QED) is 0.659. The molecule has 2 atom stereocenters. The minimum Gasteiger partial charge on any atom is -0.480 e. The molecule has 0 rings (SSSR count). The fourth-order valence-electron chi connectivity index (χ4n) is 0.754. The zero-order chi connectivity index (χ0) is 11.3. The normalized spacial score (nSPS) is 14.6. The van der Waals surface area contributed by atoms with Crippen molar-refractivity contribution in [2.45, 2.75) is 18.2 Å². The van der Waals surface area contributed by atoms with Crippen LogP contribution in [-0.2, 0) is 9.59 Å². The van der Waals surface area contributed by atoms with Crippen LogP contribution in [0.5, 0.6) is 0 Å². The van der Waals surface area contributed by atoms with Gasteiger partial charge in [0.2, 0.25) is 5.91 Å². The minimum absolute atomic E-state index is 0.0346. The lowest BCUT2D eigenvalue weighted by Gasteiger charge is -2.17. The summed E-state index contributed by atoms with van der Waals surface area (Å²) in [6.07, 6.45) is 0. The van der Waals surface area contributed by atoms with E-state index in [0.29, 0.717) is 0 Å². The van der Waals surface area contributed by atoms with Crippen LogP contribution in [0.25, 0.3) is 0 Å². The van der Waals surface area contributed by atoms with E-state index in [1.807, 2.05) is 0 Å². The second-order valence-electron chi connectivity index (χ2n) is 3.15. The first kappa shape index (κ1) is 13.2. The molecular formula is C8H16N2O3S. The number of hydrogen-bond acceptors (Lipinski definition) is 4. The second-order valence-corrected chi connectivity index (χ2v) is 4.53. The molecule has 14 heavy (non-hydrogen) atoms. The van der Waals surface area contributed by atoms with Crippen molar-refractivity contribution in [1.29, 1.82) is 0 Å². The van der Waals surface area contributed by atoms with Crippen molar-refractivity contribution in [3.05, 3.63) is 0 Å². The Kier molecular flexibility index (Phi) is 5.56. The van der Waals surface area contributed by atoms with Crippen molar-refractivity contribution in [2.75, 3.05) is 19.8 Å². The van der Waals surface area contributed by atoms with Crippen molar-refractivity contribution in [2.24, 2.45) is 5.73 Å². The molecule has 0 aliphatic heterocycles. The van der Waals surface area contributed by atoms with Crippen LogP contribution in [0.1, 0.15) is 6.92 Å². The third-order valence-corrected chi connectivity index (χ3v) is 2.88. The molecular weight excluding hydrogens is 204 g/mol. The zero-order valence-corrected chi connectivity index (χ0v) is 9.37. The van der Waals surface area contributed by atoms with Crippen molar-refractivity contribution in [1.82, 2.24) is 4.90 Å². The fraction of sp³-hybridized carbons (Fsp3) is 0.750. The zero-order valence-electron chi connectivity index (χ0n) is 8.56. The van der Waals surface area contributed by atoms with Crippen LogP contribution >= 0.6 is 11.8 Å². The molecule has 0 aliphatic carbocycles. The van der Waals surface area contributed by atoms with Gasteiger partial charge in [-0.15, -0.1) is 11.8 Å². The Bertz CT molecular complexity index is 221. The number of carboxylic acid groups (broad SMARTS) is 1. The molecule has 0 aromatic carbocycles. The molecule has 0 spiro atoms. The Balaban J connectivity index is 3.90. The summed E-state index contributed by atoms with van der Waals surface area (Å²) in [5, 5.41) is 8.25. The van der Waals surface area contributed by atoms with Gasteiger partial charge in [0.1, 0.15) is 6.04 Å². The van der Waals surface area contributed by atoms with Gasteiger partial charge in [0, 0.05) is 19.8 Å². The molecule has 0 fully saturated rings. The summed E-state index contributed by atoms with van der Waals surface area (Å²) in [6, 6.07) is -0.905. The van der Waals surface area contributed by atoms with Crippen molar-refractivity contribution >= 4 is 23.6 Å². The highest BCUT2D eigenvalue weighted by Gasteiger charge is 2.18. The van der Waals surface area contributed by atoms with E-state index in [0.717, 1.165) is 0 Å². The third-order valence-electron chi connectivity index (χ3n) is 1.63. The number of rotatable bonds is 5. The highest BCUT2D eigenvalue weighted by molar-refractivity contribution is 8.00. The molecule has 1 unspecified atom stereocenters. The topological polar surface area (TPSA) is 83.6 Å². The summed E-state index contributed by atoms with van der Waals surface area (Å²) in [4.78, 5) is 23.2. The predicted octanol–water partition coefficient (Wildman–Crippen LogP) is -0.392. The summed E-state index contributed by atoms with van der Waals surface area (Å²) in [5.41, 5.74) is 5.30. The average molecular weight is 220 g/mol. The maximum atomic E-state index is 11.3. The average Bonchev–Trinajstić information content (AvgIpc) is 2.11. The van der Waals surface area contributed by atoms with Crippen LogP contribution < -0.4 is 5.73 Å². The van der Waals surface area contributed by atoms with E-state index in [1.165, 1.54) is 16.7 Å². The smallest absolute Gasteiger partial charge is 0.321 e. The van der Waals surface area contributed by atoms with Gasteiger partial charge in [0.05, 0.1) is 5.25 Å². The van der Waals surface area contributed by atoms with Gasteiger partial charge in [-0.1, -0.05) is 0 Å². The van der Waals surface area contributed by atoms with Crippen molar-refractivity contribution in [3.8, 4) is 0 Å². The number of nitrogens with zero attached hydrogens (tertiary/aromatic N) is 1. The van der Waals surface area contributed by atoms with Crippen LogP contribution in [0.4, 0.5) is 0 Å². The predicted molar refractivity (Wildman–Crippen MR) is 56.2 cm³/mol. The number of aliphatic carboxylic acids is 1. The molecule has 0 heterocycles. The van der Waals surface area contributed by atoms with Gasteiger partial charge in [-0.25, -0.2) is 0 Å². The standard InChI is InChI=1S/C8H16N2O3S/c1-5(7(11)10(2)3)14-4-6(9)8(12)13/h5-6H,4,9H2,1-3H3,(H,12,13)/t5?,6-/m0/s1. The van der Waals surface area contributed by atoms with Gasteiger partial charge in [0.15, 0.2) is 0 Å². The first-order valence-corrected chi connectivity index (χ1v) is 5.22. The van der Waals surface area contributed by atoms with Gasteiger partial charge in [-0.2, -0.15) is 0 Å². The second kappa shape index (κ2) is 5.87. The van der Waals surface area contributed by atoms with Gasteiger partial charge < -0.3 is 15.7 Å². The summed E-state index contributed by atoms with van der Waals surface area (Å²) in [6.45, 7) is 1.74. The Morgan fingerprint density at radius 2 is 2.00 bits per heavy atom. The minimum atomic E-state index is -1.04. The lowest BCUT2D eigenvalue weighted by molar-refractivity contribution is -0.138. The molecule has 0 aliphatic rings. The van der Waals surface area contributed by atoms with E-state index in [2.05, 4.69) is 0 Å². The molecule has 82 valence electrons. The van der Waals surface area contributed by atoms with Crippen LogP contribution in [-0.4, -0.2) is 53.0 Å². The summed E-state index contributed by atoms with van der Waals surface area (Å²) >= 11 is 1.25. The molecule has 0 aromatic rings. The lowest BCUT2D eigenvalue weighted by Crippen LogP contribution is -2.35. The molecule has 0 aromatic heterocycles. The van der Waals surface area contributed by atoms with E-state index in [9.17, 15) is 9.59 Å². The maximum Gasteiger partial charge on any atom is 0.321 e. The fourth-order valence-corrected chi connectivity index (χ4v) is 1.75. The van der Waals surface area contributed by atoms with E-state index in [1.54, 1.807) is 21.0 Å². The number of nitrogens with two attached hydrogens (primary N) is 1. The summed E-state index contributed by atoms with van der Waals surface area (Å²) in [5.74, 6) is -0.828. The number of carboxylic acids is 1. The van der Waals surface area contributed by atoms with Crippen LogP contribution in [0.2, 0.25) is 0 Å². The van der Waals surface area contributed by atoms with Gasteiger partial charge in [0.25, 0.3) is 0 Å². The molecule has 0 saturated heterocycles. The highest BCUT2D eigenvalue weighted by Crippen LogP contribution is 2.12. The molecule has 0 saturated carbocycles. The summed E-state index contributed by atoms with van der Waals surface area (Å²) in [7, 11) is 3.33. The first-order chi connectivity index (χ1) is 6.36. The van der Waals surface area contributed by atoms with Crippen LogP contribution in [0.15, 0.2) is 0 Å². The number of thioether (sulfide) groups is 1. The third kappa shape index (κ3) is 4.48. The molecule has 3 N–H and O–H groups in total. The van der Waals surface area contributed by atoms with Crippen LogP contribution in [0, 0.1) is 0 Å². The van der Waals surface area contributed by atoms with Gasteiger partial charge >= 0.3 is 5.97 Å². The van der Waals surface area contributed by atoms with Gasteiger partial charge in [-0.3, -0.25) is 9.59 Å². The van der Waals surface area contributed by atoms with E-state index < -0.39 is 12.0 Å². The Labute approximate surface area is 87.6 Å². The molecule has 6 heteroatoms. The molecule has 0 bridgehead atoms. The Morgan fingerprint density at radius 1 is 1.50 bits per heavy atom. The molecule has 5 nitrogen and oxygen atoms in total. The van der Waals surface area contributed by atoms with E-state index in [4.69, 9.17) is 10.8 Å². The molecule has 1 amide bonds. The number of hydrogen-bond donors (Lipinski definition) is 2. The van der Waals surface area contributed by atoms with Crippen molar-refractivity contribution in [3.63, 3.8) is 0 Å². The number of carbonyl (C=O) groups is 2. The van der Waals surface area contributed by atoms with Crippen LogP contribution in [0.3, 0.4) is 0 Å². The first-order valence-electron chi connectivity index (χ1n) is 4.17. The van der Waals surface area contributed by atoms with E-state index >= 15 is 0 Å². The monoisotopic (exact) mass is 220 g/mol. The Hall–Kier alpha value is -0.750. The van der Waals surface area contributed by atoms with Gasteiger partial charge in [-0.05, 0) is 6.92 Å².